The lowest BCUT2D eigenvalue weighted by atomic mass is 9.79. The molecule has 10 rings (SSSR count). The normalized spacial score (nSPS) is 15.5. The monoisotopic (exact) mass is 590 g/mol. The maximum Gasteiger partial charge on any atom is 0.123 e. The maximum atomic E-state index is 10.8. The van der Waals surface area contributed by atoms with Crippen LogP contribution in [0.4, 0.5) is 0 Å². The van der Waals surface area contributed by atoms with Crippen molar-refractivity contribution in [3.63, 3.8) is 0 Å². The highest BCUT2D eigenvalue weighted by Gasteiger charge is 2.43. The second-order valence-corrected chi connectivity index (χ2v) is 14.7. The van der Waals surface area contributed by atoms with Crippen molar-refractivity contribution in [1.82, 2.24) is 0 Å². The zero-order chi connectivity index (χ0) is 31.3. The lowest BCUT2D eigenvalue weighted by Gasteiger charge is -2.24. The smallest absolute Gasteiger partial charge is 0.123 e. The van der Waals surface area contributed by atoms with Gasteiger partial charge in [-0.15, -0.1) is 0 Å². The molecule has 0 bridgehead atoms. The molecule has 8 aromatic carbocycles. The van der Waals surface area contributed by atoms with Gasteiger partial charge in [-0.2, -0.15) is 0 Å². The fraction of sp³-hybridized carbons (Fsp3) is 0.156. The third-order valence-corrected chi connectivity index (χ3v) is 11.6. The number of phenols is 1. The van der Waals surface area contributed by atoms with E-state index in [9.17, 15) is 5.11 Å². The maximum absolute atomic E-state index is 10.8. The third kappa shape index (κ3) is 3.06. The molecule has 0 saturated carbocycles. The van der Waals surface area contributed by atoms with Crippen LogP contribution in [0.5, 0.6) is 5.75 Å². The molecule has 1 nitrogen and oxygen atoms in total. The molecule has 0 radical (unpaired) electrons. The zero-order valence-corrected chi connectivity index (χ0v) is 26.8. The number of benzene rings is 8. The van der Waals surface area contributed by atoms with Gasteiger partial charge in [0.15, 0.2) is 0 Å². The zero-order valence-electron chi connectivity index (χ0n) is 26.8. The topological polar surface area (TPSA) is 20.2 Å². The molecule has 1 N–H and O–H groups in total. The average molecular weight is 591 g/mol. The average Bonchev–Trinajstić information content (AvgIpc) is 3.41. The van der Waals surface area contributed by atoms with Gasteiger partial charge in [-0.25, -0.2) is 0 Å². The second-order valence-electron chi connectivity index (χ2n) is 14.7. The van der Waals surface area contributed by atoms with Crippen molar-refractivity contribution in [2.45, 2.75) is 45.4 Å². The van der Waals surface area contributed by atoms with E-state index < -0.39 is 0 Å². The minimum atomic E-state index is -0.128. The number of hydrogen-bond acceptors (Lipinski definition) is 1. The molecule has 1 heteroatoms. The van der Waals surface area contributed by atoms with Gasteiger partial charge in [-0.05, 0) is 142 Å². The summed E-state index contributed by atoms with van der Waals surface area (Å²) in [6, 6.07) is 40.6. The Balaban J connectivity index is 1.26. The van der Waals surface area contributed by atoms with E-state index in [0.29, 0.717) is 5.75 Å². The summed E-state index contributed by atoms with van der Waals surface area (Å²) in [6.07, 6.45) is 0. The molecule has 0 heterocycles. The SMILES string of the molecule is Cc1cccc(O)c1-c1cc2ccc3cc4c(c5ccc(c1)c2c35)-c1cc2c(cc1C4(C)C)-c1c(ccc3ccccc13)C2(C)C. The predicted molar refractivity (Wildman–Crippen MR) is 195 cm³/mol. The van der Waals surface area contributed by atoms with Crippen LogP contribution in [-0.4, -0.2) is 5.11 Å². The first-order valence-electron chi connectivity index (χ1n) is 16.4. The van der Waals surface area contributed by atoms with Crippen molar-refractivity contribution in [2.24, 2.45) is 0 Å². The van der Waals surface area contributed by atoms with Crippen LogP contribution in [0.3, 0.4) is 0 Å². The Kier molecular flexibility index (Phi) is 4.75. The highest BCUT2D eigenvalue weighted by atomic mass is 16.3. The first-order valence-corrected chi connectivity index (χ1v) is 16.4. The molecule has 220 valence electrons. The molecule has 0 unspecified atom stereocenters. The van der Waals surface area contributed by atoms with Crippen molar-refractivity contribution in [3.05, 3.63) is 137 Å². The highest BCUT2D eigenvalue weighted by molar-refractivity contribution is 6.27. The summed E-state index contributed by atoms with van der Waals surface area (Å²) in [4.78, 5) is 0. The Labute approximate surface area is 269 Å². The minimum Gasteiger partial charge on any atom is -0.507 e. The first-order chi connectivity index (χ1) is 22.1. The number of hydrogen-bond donors (Lipinski definition) is 1. The van der Waals surface area contributed by atoms with Crippen LogP contribution in [-0.2, 0) is 10.8 Å². The van der Waals surface area contributed by atoms with Crippen LogP contribution in [0, 0.1) is 6.92 Å². The van der Waals surface area contributed by atoms with Gasteiger partial charge >= 0.3 is 0 Å². The van der Waals surface area contributed by atoms with Crippen molar-refractivity contribution in [2.75, 3.05) is 0 Å². The van der Waals surface area contributed by atoms with Crippen LogP contribution >= 0.6 is 0 Å². The van der Waals surface area contributed by atoms with Gasteiger partial charge in [-0.3, -0.25) is 0 Å². The second kappa shape index (κ2) is 8.36. The van der Waals surface area contributed by atoms with E-state index >= 15 is 0 Å². The van der Waals surface area contributed by atoms with Crippen molar-refractivity contribution >= 4 is 43.1 Å². The summed E-state index contributed by atoms with van der Waals surface area (Å²) in [7, 11) is 0. The van der Waals surface area contributed by atoms with Gasteiger partial charge in [0.1, 0.15) is 5.75 Å². The van der Waals surface area contributed by atoms with E-state index in [4.69, 9.17) is 0 Å². The lowest BCUT2D eigenvalue weighted by Crippen LogP contribution is -2.17. The molecule has 0 aliphatic heterocycles. The minimum absolute atomic E-state index is 0.0854. The summed E-state index contributed by atoms with van der Waals surface area (Å²) in [5, 5.41) is 21.2. The van der Waals surface area contributed by atoms with Crippen LogP contribution < -0.4 is 0 Å². The highest BCUT2D eigenvalue weighted by Crippen LogP contribution is 2.59. The number of rotatable bonds is 1. The molecule has 46 heavy (non-hydrogen) atoms. The number of aryl methyl sites for hydroxylation is 1. The van der Waals surface area contributed by atoms with Crippen molar-refractivity contribution < 1.29 is 5.11 Å². The van der Waals surface area contributed by atoms with Crippen molar-refractivity contribution in [1.29, 1.82) is 0 Å². The van der Waals surface area contributed by atoms with E-state index in [1.807, 2.05) is 6.07 Å². The predicted octanol–water partition coefficient (Wildman–Crippen LogP) is 12.0. The molecule has 0 atom stereocenters. The molecule has 0 aromatic heterocycles. The number of phenolic OH excluding ortho intramolecular Hbond substituents is 1. The summed E-state index contributed by atoms with van der Waals surface area (Å²) in [6.45, 7) is 11.7. The molecule has 8 aromatic rings. The van der Waals surface area contributed by atoms with Crippen molar-refractivity contribution in [3.8, 4) is 39.1 Å². The molecule has 0 amide bonds. The van der Waals surface area contributed by atoms with Crippen LogP contribution in [0.25, 0.3) is 76.5 Å². The molecule has 0 saturated heterocycles. The molecular weight excluding hydrogens is 556 g/mol. The van der Waals surface area contributed by atoms with Gasteiger partial charge < -0.3 is 5.11 Å². The molecule has 2 aliphatic rings. The van der Waals surface area contributed by atoms with E-state index in [-0.39, 0.29) is 10.8 Å². The Morgan fingerprint density at radius 3 is 1.78 bits per heavy atom. The summed E-state index contributed by atoms with van der Waals surface area (Å²) in [5.74, 6) is 0.329. The fourth-order valence-corrected chi connectivity index (χ4v) is 9.27. The summed E-state index contributed by atoms with van der Waals surface area (Å²) < 4.78 is 0. The van der Waals surface area contributed by atoms with Gasteiger partial charge in [0.05, 0.1) is 0 Å². The first kappa shape index (κ1) is 26.1. The van der Waals surface area contributed by atoms with Gasteiger partial charge in [0.2, 0.25) is 0 Å². The standard InChI is InChI=1S/C45H34O/c1-24-9-8-12-38(46)39(24)29-19-26-13-14-28-21-37-43(31-17-15-27(20-29)40(26)41(28)31)33-23-35-32(22-36(33)45(37,4)5)42-30-11-7-6-10-25(30)16-18-34(42)44(35,2)3/h6-23,46H,1-5H3. The molecule has 2 aliphatic carbocycles. The number of aromatic hydroxyl groups is 1. The Bertz CT molecular complexity index is 2610. The Morgan fingerprint density at radius 1 is 0.457 bits per heavy atom. The Hall–Kier alpha value is -5.14. The van der Waals surface area contributed by atoms with E-state index in [2.05, 4.69) is 132 Å². The quantitative estimate of drug-likeness (QED) is 0.189. The Morgan fingerprint density at radius 2 is 1.07 bits per heavy atom. The third-order valence-electron chi connectivity index (χ3n) is 11.6. The fourth-order valence-electron chi connectivity index (χ4n) is 9.27. The largest absolute Gasteiger partial charge is 0.507 e. The van der Waals surface area contributed by atoms with E-state index in [1.165, 1.54) is 87.6 Å². The van der Waals surface area contributed by atoms with E-state index in [0.717, 1.165) is 16.7 Å². The van der Waals surface area contributed by atoms with Gasteiger partial charge in [-0.1, -0.05) is 100 Å². The molecule has 0 fully saturated rings. The van der Waals surface area contributed by atoms with Crippen LogP contribution in [0.1, 0.15) is 55.5 Å². The molecule has 0 spiro atoms. The summed E-state index contributed by atoms with van der Waals surface area (Å²) in [5.41, 5.74) is 14.1. The summed E-state index contributed by atoms with van der Waals surface area (Å²) >= 11 is 0. The van der Waals surface area contributed by atoms with Crippen LogP contribution in [0.15, 0.2) is 109 Å². The van der Waals surface area contributed by atoms with E-state index in [1.54, 1.807) is 6.07 Å². The van der Waals surface area contributed by atoms with Crippen LogP contribution in [0.2, 0.25) is 0 Å². The molecular formula is C45H34O. The lowest BCUT2D eigenvalue weighted by molar-refractivity contribution is 0.477. The van der Waals surface area contributed by atoms with Gasteiger partial charge in [0.25, 0.3) is 0 Å². The number of fused-ring (bicyclic) bond motifs is 9. The van der Waals surface area contributed by atoms with Gasteiger partial charge in [0, 0.05) is 16.4 Å².